The van der Waals surface area contributed by atoms with Crippen molar-refractivity contribution < 1.29 is 19.1 Å². The molecule has 2 unspecified atom stereocenters. The number of nitrogens with one attached hydrogen (secondary N) is 2. The van der Waals surface area contributed by atoms with Crippen LogP contribution in [0.2, 0.25) is 0 Å². The highest BCUT2D eigenvalue weighted by Gasteiger charge is 2.38. The van der Waals surface area contributed by atoms with E-state index in [4.69, 9.17) is 4.74 Å². The summed E-state index contributed by atoms with van der Waals surface area (Å²) in [7, 11) is 0. The molecular formula is C25H38N4O4. The van der Waals surface area contributed by atoms with E-state index in [0.717, 1.165) is 5.56 Å². The van der Waals surface area contributed by atoms with Gasteiger partial charge in [0.2, 0.25) is 11.8 Å². The van der Waals surface area contributed by atoms with Crippen LogP contribution in [0.25, 0.3) is 0 Å². The van der Waals surface area contributed by atoms with Crippen LogP contribution < -0.4 is 10.6 Å². The van der Waals surface area contributed by atoms with Crippen LogP contribution in [0.3, 0.4) is 0 Å². The van der Waals surface area contributed by atoms with Crippen molar-refractivity contribution in [1.29, 1.82) is 5.26 Å². The van der Waals surface area contributed by atoms with Gasteiger partial charge in [-0.3, -0.25) is 9.59 Å². The Kier molecular flexibility index (Phi) is 9.46. The lowest BCUT2D eigenvalue weighted by molar-refractivity contribution is -0.143. The fourth-order valence-corrected chi connectivity index (χ4v) is 3.25. The van der Waals surface area contributed by atoms with Crippen LogP contribution in [0.1, 0.15) is 72.6 Å². The number of benzene rings is 1. The summed E-state index contributed by atoms with van der Waals surface area (Å²) in [5, 5.41) is 15.1. The van der Waals surface area contributed by atoms with Crippen LogP contribution in [0, 0.1) is 24.2 Å². The van der Waals surface area contributed by atoms with Gasteiger partial charge >= 0.3 is 6.09 Å². The van der Waals surface area contributed by atoms with E-state index in [1.807, 2.05) is 45.9 Å². The Bertz CT molecular complexity index is 891. The summed E-state index contributed by atoms with van der Waals surface area (Å²) in [6.45, 7) is 15.8. The predicted octanol–water partition coefficient (Wildman–Crippen LogP) is 3.85. The minimum absolute atomic E-state index is 0.310. The van der Waals surface area contributed by atoms with Crippen LogP contribution in [-0.2, 0) is 14.3 Å². The number of ether oxygens (including phenoxy) is 1. The second-order valence-corrected chi connectivity index (χ2v) is 10.5. The minimum atomic E-state index is -1.04. The maximum absolute atomic E-state index is 13.7. The van der Waals surface area contributed by atoms with Crippen LogP contribution in [-0.4, -0.2) is 46.5 Å². The second-order valence-electron chi connectivity index (χ2n) is 10.5. The molecule has 0 aliphatic carbocycles. The molecule has 0 aliphatic rings. The smallest absolute Gasteiger partial charge is 0.408 e. The molecule has 2 atom stereocenters. The van der Waals surface area contributed by atoms with E-state index in [-0.39, 0.29) is 12.5 Å². The van der Waals surface area contributed by atoms with Gasteiger partial charge in [0.15, 0.2) is 0 Å². The van der Waals surface area contributed by atoms with Gasteiger partial charge in [0.05, 0.1) is 6.07 Å². The van der Waals surface area contributed by atoms with Gasteiger partial charge in [0.1, 0.15) is 24.2 Å². The van der Waals surface area contributed by atoms with Gasteiger partial charge in [-0.1, -0.05) is 43.7 Å². The number of nitrogens with zero attached hydrogens (tertiary/aromatic N) is 2. The van der Waals surface area contributed by atoms with Crippen molar-refractivity contribution in [2.75, 3.05) is 6.54 Å². The third-order valence-electron chi connectivity index (χ3n) is 4.55. The number of carbonyl (C=O) groups excluding carboxylic acids is 3. The van der Waals surface area contributed by atoms with Crippen molar-refractivity contribution in [2.45, 2.75) is 85.5 Å². The second kappa shape index (κ2) is 11.2. The predicted molar refractivity (Wildman–Crippen MR) is 127 cm³/mol. The fourth-order valence-electron chi connectivity index (χ4n) is 3.25. The first-order chi connectivity index (χ1) is 15.1. The quantitative estimate of drug-likeness (QED) is 0.603. The van der Waals surface area contributed by atoms with E-state index in [1.165, 1.54) is 4.90 Å². The largest absolute Gasteiger partial charge is 0.444 e. The van der Waals surface area contributed by atoms with Gasteiger partial charge in [-0.2, -0.15) is 5.26 Å². The molecule has 0 aromatic heterocycles. The van der Waals surface area contributed by atoms with Crippen LogP contribution in [0.15, 0.2) is 24.3 Å². The monoisotopic (exact) mass is 458 g/mol. The third-order valence-corrected chi connectivity index (χ3v) is 4.55. The molecule has 0 aliphatic heterocycles. The number of carbonyl (C=O) groups is 3. The van der Waals surface area contributed by atoms with Crippen molar-refractivity contribution in [3.05, 3.63) is 35.4 Å². The van der Waals surface area contributed by atoms with Crippen molar-refractivity contribution in [3.8, 4) is 6.07 Å². The lowest BCUT2D eigenvalue weighted by Gasteiger charge is -2.35. The first-order valence-corrected chi connectivity index (χ1v) is 11.1. The number of aryl methyl sites for hydroxylation is 1. The molecule has 0 saturated carbocycles. The van der Waals surface area contributed by atoms with E-state index in [1.54, 1.807) is 46.8 Å². The summed E-state index contributed by atoms with van der Waals surface area (Å²) in [4.78, 5) is 40.7. The minimum Gasteiger partial charge on any atom is -0.444 e. The molecule has 2 N–H and O–H groups in total. The van der Waals surface area contributed by atoms with Crippen molar-refractivity contribution in [1.82, 2.24) is 15.5 Å². The molecule has 0 heterocycles. The SMILES string of the molecule is Cc1cccc(C(C(=O)NC(C)(C)C)N(CC#N)C(=O)C(NC(=O)OC(C)(C)C)C(C)C)c1. The fraction of sp³-hybridized carbons (Fsp3) is 0.600. The summed E-state index contributed by atoms with van der Waals surface area (Å²) in [5.74, 6) is -1.25. The summed E-state index contributed by atoms with van der Waals surface area (Å²) in [6.07, 6.45) is -0.738. The highest BCUT2D eigenvalue weighted by molar-refractivity contribution is 5.92. The normalized spacial score (nSPS) is 13.5. The number of alkyl carbamates (subject to hydrolysis) is 1. The van der Waals surface area contributed by atoms with E-state index in [2.05, 4.69) is 10.6 Å². The average molecular weight is 459 g/mol. The first-order valence-electron chi connectivity index (χ1n) is 11.1. The summed E-state index contributed by atoms with van der Waals surface area (Å²) in [6, 6.07) is 7.23. The number of rotatable bonds is 7. The molecular weight excluding hydrogens is 420 g/mol. The van der Waals surface area contributed by atoms with Crippen LogP contribution >= 0.6 is 0 Å². The standard InChI is InChI=1S/C25H38N4O4/c1-16(2)19(27-23(32)33-25(7,8)9)22(31)29(14-13-26)20(21(30)28-24(4,5)6)18-12-10-11-17(3)15-18/h10-12,15-16,19-20H,14H2,1-9H3,(H,27,32)(H,28,30). The molecule has 33 heavy (non-hydrogen) atoms. The lowest BCUT2D eigenvalue weighted by Crippen LogP contribution is -2.56. The molecule has 0 bridgehead atoms. The first kappa shape index (κ1) is 28.0. The summed E-state index contributed by atoms with van der Waals surface area (Å²) in [5.41, 5.74) is 0.211. The van der Waals surface area contributed by atoms with Gasteiger partial charge in [-0.05, 0) is 59.9 Å². The molecule has 0 radical (unpaired) electrons. The Labute approximate surface area is 197 Å². The Hall–Kier alpha value is -3.08. The van der Waals surface area contributed by atoms with Crippen molar-refractivity contribution in [2.24, 2.45) is 5.92 Å². The van der Waals surface area contributed by atoms with Gasteiger partial charge in [-0.15, -0.1) is 0 Å². The van der Waals surface area contributed by atoms with E-state index >= 15 is 0 Å². The topological polar surface area (TPSA) is 112 Å². The highest BCUT2D eigenvalue weighted by Crippen LogP contribution is 2.25. The molecule has 8 nitrogen and oxygen atoms in total. The molecule has 3 amide bonds. The summed E-state index contributed by atoms with van der Waals surface area (Å²) >= 11 is 0. The van der Waals surface area contributed by atoms with Crippen LogP contribution in [0.5, 0.6) is 0 Å². The molecule has 1 aromatic carbocycles. The van der Waals surface area contributed by atoms with Crippen molar-refractivity contribution in [3.63, 3.8) is 0 Å². The Morgan fingerprint density at radius 3 is 2.18 bits per heavy atom. The van der Waals surface area contributed by atoms with E-state index in [9.17, 15) is 19.6 Å². The zero-order chi connectivity index (χ0) is 25.6. The van der Waals surface area contributed by atoms with E-state index in [0.29, 0.717) is 5.56 Å². The van der Waals surface area contributed by atoms with Gasteiger partial charge in [-0.25, -0.2) is 4.79 Å². The zero-order valence-electron chi connectivity index (χ0n) is 21.3. The number of hydrogen-bond acceptors (Lipinski definition) is 5. The Morgan fingerprint density at radius 1 is 1.12 bits per heavy atom. The molecule has 8 heteroatoms. The zero-order valence-corrected chi connectivity index (χ0v) is 21.3. The maximum Gasteiger partial charge on any atom is 0.408 e. The average Bonchev–Trinajstić information content (AvgIpc) is 2.62. The van der Waals surface area contributed by atoms with Crippen molar-refractivity contribution >= 4 is 17.9 Å². The number of amides is 3. The highest BCUT2D eigenvalue weighted by atomic mass is 16.6. The number of nitriles is 1. The Balaban J connectivity index is 3.45. The maximum atomic E-state index is 13.7. The third kappa shape index (κ3) is 9.13. The van der Waals surface area contributed by atoms with Gasteiger partial charge in [0.25, 0.3) is 0 Å². The molecule has 0 spiro atoms. The van der Waals surface area contributed by atoms with Crippen LogP contribution in [0.4, 0.5) is 4.79 Å². The molecule has 182 valence electrons. The molecule has 0 fully saturated rings. The van der Waals surface area contributed by atoms with Gasteiger partial charge < -0.3 is 20.3 Å². The number of hydrogen-bond donors (Lipinski definition) is 2. The molecule has 1 rings (SSSR count). The molecule has 1 aromatic rings. The van der Waals surface area contributed by atoms with E-state index < -0.39 is 41.1 Å². The lowest BCUT2D eigenvalue weighted by atomic mass is 9.97. The van der Waals surface area contributed by atoms with Gasteiger partial charge in [0, 0.05) is 5.54 Å². The molecule has 0 saturated heterocycles. The summed E-state index contributed by atoms with van der Waals surface area (Å²) < 4.78 is 5.32. The Morgan fingerprint density at radius 2 is 1.73 bits per heavy atom.